The van der Waals surface area contributed by atoms with Gasteiger partial charge in [-0.1, -0.05) is 0 Å². The number of thioether (sulfide) groups is 1. The molecule has 0 heterocycles. The molecule has 0 rings (SSSR count). The number of rotatable bonds is 4. The molecule has 0 saturated carbocycles. The van der Waals surface area contributed by atoms with Crippen molar-refractivity contribution in [2.75, 3.05) is 5.75 Å². The minimum atomic E-state index is 0.468. The Labute approximate surface area is 67.6 Å². The average Bonchev–Trinajstić information content (AvgIpc) is 1.85. The van der Waals surface area contributed by atoms with Gasteiger partial charge in [-0.25, -0.2) is 0 Å². The summed E-state index contributed by atoms with van der Waals surface area (Å²) in [5.41, 5.74) is 0. The second kappa shape index (κ2) is 6.29. The maximum atomic E-state index is 5.09. The van der Waals surface area contributed by atoms with Crippen LogP contribution < -0.4 is 0 Å². The van der Waals surface area contributed by atoms with Gasteiger partial charge in [-0.2, -0.15) is 0 Å². The van der Waals surface area contributed by atoms with Gasteiger partial charge in [0.25, 0.3) is 0 Å². The van der Waals surface area contributed by atoms with E-state index in [-0.39, 0.29) is 0 Å². The van der Waals surface area contributed by atoms with Gasteiger partial charge >= 0.3 is 67.4 Å². The third-order valence-corrected chi connectivity index (χ3v) is 3.91. The SMILES string of the molecule is C#CC[Se]C(=C)SCC. The molecule has 0 aliphatic carbocycles. The average molecular weight is 205 g/mol. The first kappa shape index (κ1) is 9.17. The van der Waals surface area contributed by atoms with Crippen LogP contribution in [0.2, 0.25) is 5.32 Å². The monoisotopic (exact) mass is 206 g/mol. The summed E-state index contributed by atoms with van der Waals surface area (Å²) in [7, 11) is 0. The summed E-state index contributed by atoms with van der Waals surface area (Å²) in [6, 6.07) is 0. The molecule has 0 aliphatic rings. The summed E-state index contributed by atoms with van der Waals surface area (Å²) in [6.07, 6.45) is 5.09. The molecular weight excluding hydrogens is 195 g/mol. The molecule has 0 amide bonds. The van der Waals surface area contributed by atoms with E-state index in [1.54, 1.807) is 0 Å². The quantitative estimate of drug-likeness (QED) is 0.499. The third kappa shape index (κ3) is 6.05. The maximum absolute atomic E-state index is 5.09. The van der Waals surface area contributed by atoms with Crippen LogP contribution in [0.15, 0.2) is 10.4 Å². The van der Waals surface area contributed by atoms with Gasteiger partial charge in [-0.05, 0) is 0 Å². The van der Waals surface area contributed by atoms with E-state index in [0.29, 0.717) is 15.0 Å². The van der Waals surface area contributed by atoms with E-state index in [0.717, 1.165) is 11.1 Å². The molecule has 0 aromatic carbocycles. The minimum absolute atomic E-state index is 0.468. The van der Waals surface area contributed by atoms with Crippen molar-refractivity contribution in [3.8, 4) is 12.3 Å². The second-order valence-corrected chi connectivity index (χ2v) is 5.49. The predicted molar refractivity (Wildman–Crippen MR) is 46.7 cm³/mol. The van der Waals surface area contributed by atoms with Crippen LogP contribution in [0.25, 0.3) is 0 Å². The van der Waals surface area contributed by atoms with Gasteiger partial charge in [-0.15, -0.1) is 0 Å². The molecule has 0 bridgehead atoms. The molecule has 0 aromatic rings. The molecule has 9 heavy (non-hydrogen) atoms. The van der Waals surface area contributed by atoms with Gasteiger partial charge in [0.2, 0.25) is 0 Å². The topological polar surface area (TPSA) is 0 Å². The molecule has 0 fully saturated rings. The van der Waals surface area contributed by atoms with Crippen LogP contribution in [0.5, 0.6) is 0 Å². The van der Waals surface area contributed by atoms with Gasteiger partial charge < -0.3 is 0 Å². The second-order valence-electron chi connectivity index (χ2n) is 1.30. The number of terminal acetylenes is 1. The van der Waals surface area contributed by atoms with E-state index in [2.05, 4.69) is 19.4 Å². The molecule has 0 unspecified atom stereocenters. The Morgan fingerprint density at radius 1 is 1.89 bits per heavy atom. The fourth-order valence-electron chi connectivity index (χ4n) is 0.325. The zero-order valence-corrected chi connectivity index (χ0v) is 8.04. The fourth-order valence-corrected chi connectivity index (χ4v) is 2.82. The van der Waals surface area contributed by atoms with Gasteiger partial charge in [0, 0.05) is 0 Å². The standard InChI is InChI=1S/C7H10SSe/c1-4-6-9-7(3)8-5-2/h1H,3,5-6H2,2H3. The van der Waals surface area contributed by atoms with Crippen LogP contribution in [-0.4, -0.2) is 20.7 Å². The van der Waals surface area contributed by atoms with Gasteiger partial charge in [0.1, 0.15) is 0 Å². The van der Waals surface area contributed by atoms with Crippen molar-refractivity contribution in [2.24, 2.45) is 0 Å². The Bertz CT molecular complexity index is 123. The molecule has 2 heteroatoms. The first-order valence-corrected chi connectivity index (χ1v) is 5.74. The molecule has 0 radical (unpaired) electrons. The van der Waals surface area contributed by atoms with Crippen molar-refractivity contribution in [3.05, 3.63) is 10.4 Å². The van der Waals surface area contributed by atoms with E-state index in [1.807, 2.05) is 11.8 Å². The van der Waals surface area contributed by atoms with Gasteiger partial charge in [0.05, 0.1) is 0 Å². The zero-order chi connectivity index (χ0) is 7.11. The van der Waals surface area contributed by atoms with E-state index in [1.165, 1.54) is 3.80 Å². The summed E-state index contributed by atoms with van der Waals surface area (Å²) < 4.78 is 1.27. The van der Waals surface area contributed by atoms with Crippen LogP contribution >= 0.6 is 11.8 Å². The predicted octanol–water partition coefficient (Wildman–Crippen LogP) is 1.97. The van der Waals surface area contributed by atoms with Crippen molar-refractivity contribution in [3.63, 3.8) is 0 Å². The number of hydrogen-bond donors (Lipinski definition) is 0. The molecule has 50 valence electrons. The van der Waals surface area contributed by atoms with Crippen LogP contribution in [0.1, 0.15) is 6.92 Å². The summed E-state index contributed by atoms with van der Waals surface area (Å²) in [5, 5.41) is 0.888. The van der Waals surface area contributed by atoms with Crippen molar-refractivity contribution >= 4 is 26.7 Å². The molecular formula is C7H10SSe. The van der Waals surface area contributed by atoms with Crippen molar-refractivity contribution in [1.29, 1.82) is 0 Å². The molecule has 0 spiro atoms. The van der Waals surface area contributed by atoms with Gasteiger partial charge in [0.15, 0.2) is 0 Å². The Morgan fingerprint density at radius 2 is 2.56 bits per heavy atom. The molecule has 0 N–H and O–H groups in total. The summed E-state index contributed by atoms with van der Waals surface area (Å²) in [6.45, 7) is 6.00. The fraction of sp³-hybridized carbons (Fsp3) is 0.429. The van der Waals surface area contributed by atoms with E-state index in [4.69, 9.17) is 6.42 Å². The van der Waals surface area contributed by atoms with Gasteiger partial charge in [-0.3, -0.25) is 0 Å². The molecule has 0 aliphatic heterocycles. The van der Waals surface area contributed by atoms with Crippen molar-refractivity contribution < 1.29 is 0 Å². The first-order chi connectivity index (χ1) is 4.31. The molecule has 0 nitrogen and oxygen atoms in total. The number of hydrogen-bond acceptors (Lipinski definition) is 1. The van der Waals surface area contributed by atoms with E-state index in [9.17, 15) is 0 Å². The van der Waals surface area contributed by atoms with E-state index >= 15 is 0 Å². The van der Waals surface area contributed by atoms with Crippen LogP contribution in [0.3, 0.4) is 0 Å². The zero-order valence-electron chi connectivity index (χ0n) is 5.52. The summed E-state index contributed by atoms with van der Waals surface area (Å²) in [4.78, 5) is 0. The van der Waals surface area contributed by atoms with Crippen molar-refractivity contribution in [1.82, 2.24) is 0 Å². The van der Waals surface area contributed by atoms with Crippen LogP contribution in [0.4, 0.5) is 0 Å². The Hall–Kier alpha value is 0.169. The molecule has 0 atom stereocenters. The Kier molecular flexibility index (Phi) is 6.41. The molecule has 0 saturated heterocycles. The Balaban J connectivity index is 3.19. The van der Waals surface area contributed by atoms with E-state index < -0.39 is 0 Å². The first-order valence-electron chi connectivity index (χ1n) is 2.69. The normalized spacial score (nSPS) is 8.44. The summed E-state index contributed by atoms with van der Waals surface area (Å²) >= 11 is 2.28. The van der Waals surface area contributed by atoms with Crippen LogP contribution in [-0.2, 0) is 0 Å². The molecule has 0 aromatic heterocycles. The van der Waals surface area contributed by atoms with Crippen molar-refractivity contribution in [2.45, 2.75) is 12.2 Å². The van der Waals surface area contributed by atoms with Crippen LogP contribution in [0, 0.1) is 12.3 Å². The summed E-state index contributed by atoms with van der Waals surface area (Å²) in [5.74, 6) is 3.73. The third-order valence-electron chi connectivity index (χ3n) is 0.622. The Morgan fingerprint density at radius 3 is 3.00 bits per heavy atom.